The molecule has 0 bridgehead atoms. The number of aryl methyl sites for hydroxylation is 1. The SMILES string of the molecule is COc1cccc(C2/C(=C(\O)c3ccc(OCC(C)C)c(C)c3)C(=O)C(=O)N2CCCN(C)C)c1OC. The predicted octanol–water partition coefficient (Wildman–Crippen LogP) is 4.42. The Hall–Kier alpha value is -3.52. The lowest BCUT2D eigenvalue weighted by Gasteiger charge is -2.27. The molecule has 1 atom stereocenters. The maximum absolute atomic E-state index is 13.4. The molecule has 1 N–H and O–H groups in total. The number of carbonyl (C=O) groups is 2. The Balaban J connectivity index is 2.14. The number of methoxy groups -OCH3 is 2. The molecule has 1 aliphatic rings. The first kappa shape index (κ1) is 28.1. The molecule has 1 amide bonds. The topological polar surface area (TPSA) is 88.5 Å². The highest BCUT2D eigenvalue weighted by atomic mass is 16.5. The molecule has 1 aliphatic heterocycles. The van der Waals surface area contributed by atoms with Gasteiger partial charge < -0.3 is 29.1 Å². The molecule has 1 unspecified atom stereocenters. The smallest absolute Gasteiger partial charge is 0.295 e. The standard InChI is InChI=1S/C29H38N2O6/c1-18(2)17-37-22-13-12-20(16-19(22)3)26(32)24-25(21-10-8-11-23(35-6)28(21)36-7)31(29(34)27(24)33)15-9-14-30(4)5/h8,10-13,16,18,25,32H,9,14-15,17H2,1-7H3/b26-24+. The molecule has 200 valence electrons. The van der Waals surface area contributed by atoms with Gasteiger partial charge in [0.15, 0.2) is 11.5 Å². The van der Waals surface area contributed by atoms with E-state index in [0.29, 0.717) is 53.9 Å². The van der Waals surface area contributed by atoms with Gasteiger partial charge >= 0.3 is 0 Å². The van der Waals surface area contributed by atoms with E-state index in [0.717, 1.165) is 12.1 Å². The number of aliphatic hydroxyl groups is 1. The number of ketones is 1. The van der Waals surface area contributed by atoms with Crippen LogP contribution in [0.2, 0.25) is 0 Å². The van der Waals surface area contributed by atoms with Crippen molar-refractivity contribution in [2.24, 2.45) is 5.92 Å². The minimum absolute atomic E-state index is 0.0247. The molecular weight excluding hydrogens is 472 g/mol. The first-order valence-electron chi connectivity index (χ1n) is 12.5. The van der Waals surface area contributed by atoms with E-state index in [-0.39, 0.29) is 11.3 Å². The third kappa shape index (κ3) is 6.07. The zero-order valence-electron chi connectivity index (χ0n) is 22.8. The van der Waals surface area contributed by atoms with Crippen LogP contribution in [-0.2, 0) is 9.59 Å². The van der Waals surface area contributed by atoms with Crippen LogP contribution in [0, 0.1) is 12.8 Å². The van der Waals surface area contributed by atoms with Crippen LogP contribution in [0.15, 0.2) is 42.0 Å². The average molecular weight is 511 g/mol. The van der Waals surface area contributed by atoms with Crippen LogP contribution in [0.5, 0.6) is 17.2 Å². The number of aliphatic hydroxyl groups excluding tert-OH is 1. The van der Waals surface area contributed by atoms with E-state index in [4.69, 9.17) is 14.2 Å². The lowest BCUT2D eigenvalue weighted by Crippen LogP contribution is -2.32. The summed E-state index contributed by atoms with van der Waals surface area (Å²) in [6.45, 7) is 7.67. The van der Waals surface area contributed by atoms with Gasteiger partial charge in [-0.05, 0) is 69.7 Å². The van der Waals surface area contributed by atoms with Crippen molar-refractivity contribution in [1.29, 1.82) is 0 Å². The molecule has 2 aromatic carbocycles. The lowest BCUT2D eigenvalue weighted by molar-refractivity contribution is -0.140. The third-order valence-corrected chi connectivity index (χ3v) is 6.29. The highest BCUT2D eigenvalue weighted by Crippen LogP contribution is 2.45. The number of carbonyl (C=O) groups excluding carboxylic acids is 2. The normalized spacial score (nSPS) is 17.1. The Morgan fingerprint density at radius 2 is 1.81 bits per heavy atom. The highest BCUT2D eigenvalue weighted by Gasteiger charge is 2.47. The van der Waals surface area contributed by atoms with Crippen LogP contribution in [0.1, 0.15) is 43.0 Å². The number of rotatable bonds is 11. The van der Waals surface area contributed by atoms with E-state index in [9.17, 15) is 14.7 Å². The van der Waals surface area contributed by atoms with E-state index < -0.39 is 17.7 Å². The molecule has 0 saturated carbocycles. The molecule has 0 spiro atoms. The fourth-order valence-corrected chi connectivity index (χ4v) is 4.49. The van der Waals surface area contributed by atoms with Crippen molar-refractivity contribution >= 4 is 17.4 Å². The average Bonchev–Trinajstić information content (AvgIpc) is 3.11. The van der Waals surface area contributed by atoms with Gasteiger partial charge in [0.05, 0.1) is 32.4 Å². The summed E-state index contributed by atoms with van der Waals surface area (Å²) in [7, 11) is 6.95. The third-order valence-electron chi connectivity index (χ3n) is 6.29. The van der Waals surface area contributed by atoms with Gasteiger partial charge in [0.25, 0.3) is 11.7 Å². The zero-order chi connectivity index (χ0) is 27.3. The van der Waals surface area contributed by atoms with Crippen molar-refractivity contribution in [3.05, 3.63) is 58.7 Å². The molecule has 2 aromatic rings. The quantitative estimate of drug-likeness (QED) is 0.272. The van der Waals surface area contributed by atoms with Crippen molar-refractivity contribution < 1.29 is 28.9 Å². The molecule has 37 heavy (non-hydrogen) atoms. The Morgan fingerprint density at radius 3 is 2.41 bits per heavy atom. The number of likely N-dealkylation sites (tertiary alicyclic amines) is 1. The number of nitrogens with zero attached hydrogens (tertiary/aromatic N) is 2. The number of hydrogen-bond acceptors (Lipinski definition) is 7. The Labute approximate surface area is 219 Å². The van der Waals surface area contributed by atoms with Gasteiger partial charge in [-0.1, -0.05) is 26.0 Å². The Kier molecular flexibility index (Phi) is 9.21. The molecule has 8 heteroatoms. The Bertz CT molecular complexity index is 1170. The molecule has 0 aliphatic carbocycles. The molecule has 1 fully saturated rings. The molecule has 3 rings (SSSR count). The lowest BCUT2D eigenvalue weighted by atomic mass is 9.93. The molecule has 8 nitrogen and oxygen atoms in total. The summed E-state index contributed by atoms with van der Waals surface area (Å²) in [6, 6.07) is 9.74. The fraction of sp³-hybridized carbons (Fsp3) is 0.448. The van der Waals surface area contributed by atoms with Crippen molar-refractivity contribution in [3.8, 4) is 17.2 Å². The van der Waals surface area contributed by atoms with Crippen molar-refractivity contribution in [1.82, 2.24) is 9.80 Å². The molecule has 0 radical (unpaired) electrons. The highest BCUT2D eigenvalue weighted by molar-refractivity contribution is 6.46. The number of benzene rings is 2. The van der Waals surface area contributed by atoms with Gasteiger partial charge in [-0.2, -0.15) is 0 Å². The number of amides is 1. The van der Waals surface area contributed by atoms with Gasteiger partial charge in [0.2, 0.25) is 0 Å². The van der Waals surface area contributed by atoms with Crippen LogP contribution in [0.25, 0.3) is 5.76 Å². The molecular formula is C29H38N2O6. The number of ether oxygens (including phenoxy) is 3. The van der Waals surface area contributed by atoms with E-state index in [1.807, 2.05) is 25.9 Å². The zero-order valence-corrected chi connectivity index (χ0v) is 22.8. The molecule has 0 aromatic heterocycles. The monoisotopic (exact) mass is 510 g/mol. The molecule has 1 saturated heterocycles. The summed E-state index contributed by atoms with van der Waals surface area (Å²) in [4.78, 5) is 30.2. The number of hydrogen-bond donors (Lipinski definition) is 1. The van der Waals surface area contributed by atoms with Gasteiger partial charge in [-0.25, -0.2) is 0 Å². The summed E-state index contributed by atoms with van der Waals surface area (Å²) in [5.41, 5.74) is 1.85. The van der Waals surface area contributed by atoms with Crippen LogP contribution in [-0.4, -0.2) is 74.6 Å². The summed E-state index contributed by atoms with van der Waals surface area (Å²) in [5, 5.41) is 11.5. The summed E-state index contributed by atoms with van der Waals surface area (Å²) in [5.74, 6) is 0.352. The van der Waals surface area contributed by atoms with Crippen molar-refractivity contribution in [2.45, 2.75) is 33.2 Å². The van der Waals surface area contributed by atoms with Crippen molar-refractivity contribution in [2.75, 3.05) is 48.0 Å². The first-order valence-corrected chi connectivity index (χ1v) is 12.5. The Morgan fingerprint density at radius 1 is 1.08 bits per heavy atom. The number of Topliss-reactive ketones (excluding diaryl/α,β-unsaturated/α-hetero) is 1. The largest absolute Gasteiger partial charge is 0.507 e. The molecule has 1 heterocycles. The van der Waals surface area contributed by atoms with Gasteiger partial charge in [0, 0.05) is 17.7 Å². The summed E-state index contributed by atoms with van der Waals surface area (Å²) >= 11 is 0. The van der Waals surface area contributed by atoms with Gasteiger partial charge in [-0.3, -0.25) is 9.59 Å². The van der Waals surface area contributed by atoms with E-state index in [1.54, 1.807) is 36.4 Å². The maximum atomic E-state index is 13.4. The fourth-order valence-electron chi connectivity index (χ4n) is 4.49. The van der Waals surface area contributed by atoms with E-state index in [1.165, 1.54) is 19.1 Å². The summed E-state index contributed by atoms with van der Waals surface area (Å²) in [6.07, 6.45) is 0.657. The second-order valence-electron chi connectivity index (χ2n) is 9.92. The second-order valence-corrected chi connectivity index (χ2v) is 9.92. The predicted molar refractivity (Wildman–Crippen MR) is 143 cm³/mol. The van der Waals surface area contributed by atoms with Crippen molar-refractivity contribution in [3.63, 3.8) is 0 Å². The van der Waals surface area contributed by atoms with Crippen LogP contribution < -0.4 is 14.2 Å². The van der Waals surface area contributed by atoms with Crippen LogP contribution in [0.4, 0.5) is 0 Å². The van der Waals surface area contributed by atoms with E-state index in [2.05, 4.69) is 13.8 Å². The van der Waals surface area contributed by atoms with Gasteiger partial charge in [0.1, 0.15) is 11.5 Å². The maximum Gasteiger partial charge on any atom is 0.295 e. The minimum Gasteiger partial charge on any atom is -0.507 e. The number of para-hydroxylation sites is 1. The van der Waals surface area contributed by atoms with E-state index >= 15 is 0 Å². The summed E-state index contributed by atoms with van der Waals surface area (Å²) < 4.78 is 17.0. The second kappa shape index (κ2) is 12.1. The van der Waals surface area contributed by atoms with Gasteiger partial charge in [-0.15, -0.1) is 0 Å². The first-order chi connectivity index (χ1) is 17.6. The van der Waals surface area contributed by atoms with Crippen LogP contribution >= 0.6 is 0 Å². The van der Waals surface area contributed by atoms with Crippen LogP contribution in [0.3, 0.4) is 0 Å². The minimum atomic E-state index is -0.829.